The molecule has 0 rings (SSSR count). The second kappa shape index (κ2) is 59.9. The molecule has 0 aliphatic carbocycles. The number of rotatable bonds is 59. The van der Waals surface area contributed by atoms with Gasteiger partial charge >= 0.3 is 5.97 Å². The monoisotopic (exact) mass is 986 g/mol. The van der Waals surface area contributed by atoms with Crippen LogP contribution >= 0.6 is 0 Å². The lowest BCUT2D eigenvalue weighted by molar-refractivity contribution is -0.143. The van der Waals surface area contributed by atoms with Crippen molar-refractivity contribution in [1.82, 2.24) is 5.32 Å². The summed E-state index contributed by atoms with van der Waals surface area (Å²) in [6, 6.07) is -0.544. The molecular weight excluding hydrogens is 863 g/mol. The van der Waals surface area contributed by atoms with Gasteiger partial charge in [0, 0.05) is 12.8 Å². The predicted molar refractivity (Wildman–Crippen MR) is 306 cm³/mol. The summed E-state index contributed by atoms with van der Waals surface area (Å²) >= 11 is 0. The van der Waals surface area contributed by atoms with Crippen LogP contribution in [0.25, 0.3) is 0 Å². The van der Waals surface area contributed by atoms with Crippen molar-refractivity contribution in [2.24, 2.45) is 0 Å². The molecule has 0 bridgehead atoms. The van der Waals surface area contributed by atoms with E-state index < -0.39 is 12.1 Å². The molecule has 0 saturated heterocycles. The van der Waals surface area contributed by atoms with E-state index in [2.05, 4.69) is 43.5 Å². The molecule has 70 heavy (non-hydrogen) atoms. The van der Waals surface area contributed by atoms with Crippen LogP contribution in [0.5, 0.6) is 0 Å². The van der Waals surface area contributed by atoms with Crippen molar-refractivity contribution in [2.75, 3.05) is 13.2 Å². The predicted octanol–water partition coefficient (Wildman–Crippen LogP) is 19.8. The van der Waals surface area contributed by atoms with Gasteiger partial charge in [0.15, 0.2) is 0 Å². The molecular formula is C64H123NO5. The summed E-state index contributed by atoms with van der Waals surface area (Å²) in [5.74, 6) is -0.0393. The standard InChI is InChI=1S/C64H123NO5/c1-3-5-7-9-11-13-15-17-19-20-22-25-29-32-36-40-44-48-52-56-62(67)61(60-66)65-63(68)57-53-49-45-41-37-33-30-26-23-21-24-27-31-35-39-43-47-51-55-59-70-64(69)58-54-50-46-42-38-34-28-18-16-14-12-10-8-6-4-2/h12,14,18,28,61-62,66-67H,3-11,13,15-17,19-27,29-60H2,1-2H3,(H,65,68)/b14-12-,28-18-. The van der Waals surface area contributed by atoms with Crippen LogP contribution in [0.3, 0.4) is 0 Å². The molecule has 6 heteroatoms. The van der Waals surface area contributed by atoms with Gasteiger partial charge in [0.05, 0.1) is 25.4 Å². The number of ether oxygens (including phenoxy) is 1. The minimum atomic E-state index is -0.667. The van der Waals surface area contributed by atoms with Crippen LogP contribution in [0, 0.1) is 0 Å². The summed E-state index contributed by atoms with van der Waals surface area (Å²) in [5, 5.41) is 23.4. The summed E-state index contributed by atoms with van der Waals surface area (Å²) in [7, 11) is 0. The zero-order chi connectivity index (χ0) is 50.7. The Morgan fingerprint density at radius 1 is 0.400 bits per heavy atom. The molecule has 0 aromatic rings. The van der Waals surface area contributed by atoms with Gasteiger partial charge in [-0.15, -0.1) is 0 Å². The zero-order valence-electron chi connectivity index (χ0n) is 47.3. The van der Waals surface area contributed by atoms with Gasteiger partial charge in [-0.2, -0.15) is 0 Å². The van der Waals surface area contributed by atoms with E-state index in [1.54, 1.807) is 0 Å². The minimum absolute atomic E-state index is 0.00427. The number of carbonyl (C=O) groups excluding carboxylic acids is 2. The van der Waals surface area contributed by atoms with Gasteiger partial charge in [0.1, 0.15) is 0 Å². The molecule has 0 saturated carbocycles. The second-order valence-electron chi connectivity index (χ2n) is 21.7. The van der Waals surface area contributed by atoms with E-state index in [-0.39, 0.29) is 18.5 Å². The van der Waals surface area contributed by atoms with Crippen LogP contribution in [0.4, 0.5) is 0 Å². The lowest BCUT2D eigenvalue weighted by Crippen LogP contribution is -2.45. The lowest BCUT2D eigenvalue weighted by Gasteiger charge is -2.22. The fraction of sp³-hybridized carbons (Fsp3) is 0.906. The van der Waals surface area contributed by atoms with Crippen LogP contribution in [0.1, 0.15) is 348 Å². The highest BCUT2D eigenvalue weighted by Crippen LogP contribution is 2.18. The van der Waals surface area contributed by atoms with Gasteiger partial charge < -0.3 is 20.3 Å². The third-order valence-corrected chi connectivity index (χ3v) is 14.8. The number of aliphatic hydroxyl groups is 2. The summed E-state index contributed by atoms with van der Waals surface area (Å²) in [5.41, 5.74) is 0. The van der Waals surface area contributed by atoms with Crippen LogP contribution in [-0.4, -0.2) is 47.4 Å². The van der Waals surface area contributed by atoms with E-state index in [9.17, 15) is 19.8 Å². The maximum Gasteiger partial charge on any atom is 0.305 e. The lowest BCUT2D eigenvalue weighted by atomic mass is 10.0. The smallest absolute Gasteiger partial charge is 0.305 e. The van der Waals surface area contributed by atoms with Crippen LogP contribution < -0.4 is 5.32 Å². The van der Waals surface area contributed by atoms with E-state index in [1.807, 2.05) is 0 Å². The fourth-order valence-corrected chi connectivity index (χ4v) is 9.91. The first-order chi connectivity index (χ1) is 34.5. The molecule has 0 aliphatic heterocycles. The van der Waals surface area contributed by atoms with E-state index in [1.165, 1.54) is 263 Å². The third-order valence-electron chi connectivity index (χ3n) is 14.8. The highest BCUT2D eigenvalue weighted by Gasteiger charge is 2.20. The molecule has 0 spiro atoms. The molecule has 0 aliphatic rings. The minimum Gasteiger partial charge on any atom is -0.466 e. The van der Waals surface area contributed by atoms with Gasteiger partial charge in [0.2, 0.25) is 5.91 Å². The Hall–Kier alpha value is -1.66. The van der Waals surface area contributed by atoms with Crippen LogP contribution in [0.15, 0.2) is 24.3 Å². The van der Waals surface area contributed by atoms with Crippen molar-refractivity contribution in [1.29, 1.82) is 0 Å². The maximum absolute atomic E-state index is 12.5. The molecule has 414 valence electrons. The first kappa shape index (κ1) is 68.3. The molecule has 0 aromatic heterocycles. The number of aliphatic hydroxyl groups excluding tert-OH is 2. The maximum atomic E-state index is 12.5. The van der Waals surface area contributed by atoms with Gasteiger partial charge in [-0.05, 0) is 57.8 Å². The number of hydrogen-bond acceptors (Lipinski definition) is 5. The highest BCUT2D eigenvalue weighted by atomic mass is 16.5. The number of allylic oxidation sites excluding steroid dienone is 4. The molecule has 3 N–H and O–H groups in total. The van der Waals surface area contributed by atoms with E-state index in [0.29, 0.717) is 25.9 Å². The first-order valence-electron chi connectivity index (χ1n) is 31.6. The Kier molecular flexibility index (Phi) is 58.5. The summed E-state index contributed by atoms with van der Waals surface area (Å²) in [6.07, 6.45) is 73.2. The molecule has 0 radical (unpaired) electrons. The number of esters is 1. The van der Waals surface area contributed by atoms with Crippen LogP contribution in [0.2, 0.25) is 0 Å². The molecule has 0 fully saturated rings. The normalized spacial score (nSPS) is 12.7. The highest BCUT2D eigenvalue weighted by molar-refractivity contribution is 5.76. The zero-order valence-corrected chi connectivity index (χ0v) is 47.3. The van der Waals surface area contributed by atoms with Crippen molar-refractivity contribution < 1.29 is 24.5 Å². The third kappa shape index (κ3) is 55.7. The number of amides is 1. The molecule has 1 amide bonds. The molecule has 2 atom stereocenters. The topological polar surface area (TPSA) is 95.9 Å². The summed E-state index contributed by atoms with van der Waals surface area (Å²) < 4.78 is 5.48. The second-order valence-corrected chi connectivity index (χ2v) is 21.7. The van der Waals surface area contributed by atoms with Gasteiger partial charge in [-0.25, -0.2) is 0 Å². The first-order valence-corrected chi connectivity index (χ1v) is 31.6. The number of hydrogen-bond donors (Lipinski definition) is 3. The Morgan fingerprint density at radius 2 is 0.714 bits per heavy atom. The Balaban J connectivity index is 3.41. The summed E-state index contributed by atoms with van der Waals surface area (Å²) in [6.45, 7) is 4.94. The molecule has 2 unspecified atom stereocenters. The Morgan fingerprint density at radius 3 is 1.11 bits per heavy atom. The Bertz CT molecular complexity index is 1090. The average Bonchev–Trinajstić information content (AvgIpc) is 3.36. The van der Waals surface area contributed by atoms with Crippen LogP contribution in [-0.2, 0) is 14.3 Å². The van der Waals surface area contributed by atoms with Crippen molar-refractivity contribution >= 4 is 11.9 Å². The number of unbranched alkanes of at least 4 members (excludes halogenated alkanes) is 44. The van der Waals surface area contributed by atoms with Gasteiger partial charge in [-0.3, -0.25) is 9.59 Å². The molecule has 6 nitrogen and oxygen atoms in total. The Labute approximate surface area is 437 Å². The van der Waals surface area contributed by atoms with E-state index >= 15 is 0 Å². The SMILES string of the molecule is CCCCC/C=C\C/C=C\CCCCCCCC(=O)OCCCCCCCCCCCCCCCCCCCCCC(=O)NC(CO)C(O)CCCCCCCCCCCCCCCCCCCCC. The van der Waals surface area contributed by atoms with E-state index in [4.69, 9.17) is 4.74 Å². The van der Waals surface area contributed by atoms with Crippen molar-refractivity contribution in [3.8, 4) is 0 Å². The fourth-order valence-electron chi connectivity index (χ4n) is 9.91. The van der Waals surface area contributed by atoms with E-state index in [0.717, 1.165) is 51.4 Å². The number of nitrogens with one attached hydrogen (secondary N) is 1. The number of carbonyl (C=O) groups is 2. The largest absolute Gasteiger partial charge is 0.466 e. The van der Waals surface area contributed by atoms with Crippen molar-refractivity contribution in [2.45, 2.75) is 360 Å². The quantitative estimate of drug-likeness (QED) is 0.0321. The van der Waals surface area contributed by atoms with Crippen molar-refractivity contribution in [3.05, 3.63) is 24.3 Å². The van der Waals surface area contributed by atoms with Gasteiger partial charge in [-0.1, -0.05) is 301 Å². The summed E-state index contributed by atoms with van der Waals surface area (Å²) in [4.78, 5) is 24.6. The van der Waals surface area contributed by atoms with Crippen molar-refractivity contribution in [3.63, 3.8) is 0 Å². The average molecular weight is 987 g/mol. The molecule has 0 heterocycles. The van der Waals surface area contributed by atoms with Gasteiger partial charge in [0.25, 0.3) is 0 Å². The molecule has 0 aromatic carbocycles.